The van der Waals surface area contributed by atoms with Crippen molar-refractivity contribution in [3.8, 4) is 5.75 Å². The third-order valence-electron chi connectivity index (χ3n) is 4.87. The first kappa shape index (κ1) is 15.1. The van der Waals surface area contributed by atoms with Crippen LogP contribution >= 0.6 is 0 Å². The number of nitrogen functional groups attached to an aromatic ring is 1. The van der Waals surface area contributed by atoms with Crippen LogP contribution in [0.1, 0.15) is 32.8 Å². The second kappa shape index (κ2) is 4.38. The predicted octanol–water partition coefficient (Wildman–Crippen LogP) is 1.20. The van der Waals surface area contributed by atoms with Gasteiger partial charge < -0.3 is 16.2 Å². The van der Waals surface area contributed by atoms with Gasteiger partial charge in [0, 0.05) is 17.7 Å². The van der Waals surface area contributed by atoms with Crippen molar-refractivity contribution in [2.75, 3.05) is 12.3 Å². The Hall–Kier alpha value is -1.76. The molecule has 7 heteroatoms. The first-order valence-electron chi connectivity index (χ1n) is 7.23. The molecule has 0 aromatic heterocycles. The monoisotopic (exact) mass is 323 g/mol. The van der Waals surface area contributed by atoms with Crippen molar-refractivity contribution in [2.45, 2.75) is 42.7 Å². The number of rotatable bonds is 0. The van der Waals surface area contributed by atoms with E-state index in [1.54, 1.807) is 39.0 Å². The normalized spacial score (nSPS) is 32.0. The summed E-state index contributed by atoms with van der Waals surface area (Å²) in [5, 5.41) is -0.689. The molecular formula is C15H21N3O3S. The number of amidine groups is 1. The van der Waals surface area contributed by atoms with E-state index in [4.69, 9.17) is 16.2 Å². The number of benzene rings is 1. The van der Waals surface area contributed by atoms with Crippen LogP contribution in [0.3, 0.4) is 0 Å². The molecule has 120 valence electrons. The molecule has 0 saturated carbocycles. The Labute approximate surface area is 130 Å². The first-order chi connectivity index (χ1) is 10.1. The molecule has 0 fully saturated rings. The molecule has 2 aliphatic heterocycles. The number of nitrogens with zero attached hydrogens (tertiary/aromatic N) is 1. The maximum absolute atomic E-state index is 13.1. The van der Waals surface area contributed by atoms with Crippen molar-refractivity contribution in [2.24, 2.45) is 10.7 Å². The third kappa shape index (κ3) is 1.78. The van der Waals surface area contributed by atoms with Crippen LogP contribution in [0.4, 0.5) is 5.69 Å². The number of hydrogen-bond acceptors (Lipinski definition) is 6. The van der Waals surface area contributed by atoms with Gasteiger partial charge in [-0.15, -0.1) is 0 Å². The quantitative estimate of drug-likeness (QED) is 0.697. The van der Waals surface area contributed by atoms with E-state index in [1.165, 1.54) is 0 Å². The van der Waals surface area contributed by atoms with Crippen LogP contribution in [0, 0.1) is 0 Å². The lowest BCUT2D eigenvalue weighted by atomic mass is 9.86. The van der Waals surface area contributed by atoms with Gasteiger partial charge in [0.2, 0.25) is 0 Å². The van der Waals surface area contributed by atoms with Gasteiger partial charge in [-0.1, -0.05) is 0 Å². The average molecular weight is 323 g/mol. The molecule has 6 nitrogen and oxygen atoms in total. The van der Waals surface area contributed by atoms with E-state index < -0.39 is 25.4 Å². The van der Waals surface area contributed by atoms with Crippen LogP contribution in [-0.2, 0) is 15.4 Å². The Balaban J connectivity index is 2.35. The molecule has 22 heavy (non-hydrogen) atoms. The fraction of sp³-hybridized carbons (Fsp3) is 0.533. The smallest absolute Gasteiger partial charge is 0.168 e. The van der Waals surface area contributed by atoms with Gasteiger partial charge in [-0.25, -0.2) is 8.42 Å². The molecule has 2 atom stereocenters. The van der Waals surface area contributed by atoms with E-state index in [0.29, 0.717) is 30.0 Å². The number of anilines is 1. The molecule has 0 radical (unpaired) electrons. The lowest BCUT2D eigenvalue weighted by Gasteiger charge is -2.43. The van der Waals surface area contributed by atoms with Crippen LogP contribution in [0.2, 0.25) is 0 Å². The van der Waals surface area contributed by atoms with E-state index in [2.05, 4.69) is 4.99 Å². The summed E-state index contributed by atoms with van der Waals surface area (Å²) in [6.07, 6.45) is 0.369. The Morgan fingerprint density at radius 3 is 2.64 bits per heavy atom. The fourth-order valence-corrected chi connectivity index (χ4v) is 5.51. The molecule has 0 saturated heterocycles. The first-order valence-corrected chi connectivity index (χ1v) is 8.77. The number of nitrogens with two attached hydrogens (primary N) is 2. The topological polar surface area (TPSA) is 108 Å². The summed E-state index contributed by atoms with van der Waals surface area (Å²) >= 11 is 0. The average Bonchev–Trinajstić information content (AvgIpc) is 2.55. The van der Waals surface area contributed by atoms with Crippen molar-refractivity contribution >= 4 is 21.4 Å². The van der Waals surface area contributed by atoms with E-state index in [0.717, 1.165) is 0 Å². The Bertz CT molecular complexity index is 770. The Morgan fingerprint density at radius 1 is 1.27 bits per heavy atom. The van der Waals surface area contributed by atoms with Gasteiger partial charge >= 0.3 is 0 Å². The van der Waals surface area contributed by atoms with E-state index in [-0.39, 0.29) is 5.84 Å². The van der Waals surface area contributed by atoms with Gasteiger partial charge in [0.05, 0.1) is 11.9 Å². The molecule has 3 rings (SSSR count). The van der Waals surface area contributed by atoms with Crippen LogP contribution < -0.4 is 16.2 Å². The predicted molar refractivity (Wildman–Crippen MR) is 86.7 cm³/mol. The van der Waals surface area contributed by atoms with Crippen LogP contribution in [-0.4, -0.2) is 30.9 Å². The number of sulfone groups is 1. The van der Waals surface area contributed by atoms with E-state index >= 15 is 0 Å². The minimum Gasteiger partial charge on any atom is -0.493 e. The Kier molecular flexibility index (Phi) is 3.01. The molecule has 0 amide bonds. The zero-order valence-electron chi connectivity index (χ0n) is 13.0. The lowest BCUT2D eigenvalue weighted by Crippen LogP contribution is -2.59. The van der Waals surface area contributed by atoms with Crippen LogP contribution in [0.5, 0.6) is 5.75 Å². The van der Waals surface area contributed by atoms with Gasteiger partial charge in [-0.05, 0) is 39.0 Å². The van der Waals surface area contributed by atoms with Gasteiger partial charge in [-0.2, -0.15) is 0 Å². The van der Waals surface area contributed by atoms with Crippen molar-refractivity contribution < 1.29 is 13.2 Å². The fourth-order valence-electron chi connectivity index (χ4n) is 3.28. The van der Waals surface area contributed by atoms with Crippen molar-refractivity contribution in [3.05, 3.63) is 23.8 Å². The second-order valence-electron chi connectivity index (χ2n) is 6.58. The second-order valence-corrected chi connectivity index (χ2v) is 9.26. The summed E-state index contributed by atoms with van der Waals surface area (Å²) in [5.41, 5.74) is 12.1. The van der Waals surface area contributed by atoms with Gasteiger partial charge in [-0.3, -0.25) is 4.99 Å². The lowest BCUT2D eigenvalue weighted by molar-refractivity contribution is 0.311. The summed E-state index contributed by atoms with van der Waals surface area (Å²) < 4.78 is 30.7. The molecule has 0 aliphatic carbocycles. The third-order valence-corrected chi connectivity index (χ3v) is 7.94. The van der Waals surface area contributed by atoms with Crippen molar-refractivity contribution in [1.29, 1.82) is 0 Å². The zero-order chi connectivity index (χ0) is 16.3. The highest BCUT2D eigenvalue weighted by molar-refractivity contribution is 7.94. The highest BCUT2D eigenvalue weighted by atomic mass is 32.2. The molecule has 2 heterocycles. The molecule has 0 bridgehead atoms. The van der Waals surface area contributed by atoms with E-state index in [1.807, 2.05) is 0 Å². The molecule has 1 aromatic rings. The molecule has 2 aliphatic rings. The minimum atomic E-state index is -3.53. The SMILES string of the molecule is CC1(C)C(N)=N[C@]2(C)c3cc(N)ccc3OCC[C@H]2S1(=O)=O. The highest BCUT2D eigenvalue weighted by Gasteiger charge is 2.57. The van der Waals surface area contributed by atoms with Gasteiger partial charge in [0.1, 0.15) is 21.9 Å². The number of ether oxygens (including phenoxy) is 1. The maximum atomic E-state index is 13.1. The van der Waals surface area contributed by atoms with Crippen molar-refractivity contribution in [3.63, 3.8) is 0 Å². The summed E-state index contributed by atoms with van der Waals surface area (Å²) in [4.78, 5) is 4.61. The number of aliphatic imine (C=N–C) groups is 1. The molecule has 4 N–H and O–H groups in total. The Morgan fingerprint density at radius 2 is 1.95 bits per heavy atom. The highest BCUT2D eigenvalue weighted by Crippen LogP contribution is 2.48. The summed E-state index contributed by atoms with van der Waals surface area (Å²) in [6.45, 7) is 5.33. The van der Waals surface area contributed by atoms with Gasteiger partial charge in [0.25, 0.3) is 0 Å². The summed E-state index contributed by atoms with van der Waals surface area (Å²) in [6, 6.07) is 5.23. The van der Waals surface area contributed by atoms with Crippen LogP contribution in [0.25, 0.3) is 0 Å². The molecule has 0 spiro atoms. The maximum Gasteiger partial charge on any atom is 0.168 e. The summed E-state index contributed by atoms with van der Waals surface area (Å²) in [5.74, 6) is 0.743. The van der Waals surface area contributed by atoms with Crippen LogP contribution in [0.15, 0.2) is 23.2 Å². The van der Waals surface area contributed by atoms with Crippen molar-refractivity contribution in [1.82, 2.24) is 0 Å². The minimum absolute atomic E-state index is 0.126. The largest absolute Gasteiger partial charge is 0.493 e. The molecule has 0 unspecified atom stereocenters. The molecular weight excluding hydrogens is 302 g/mol. The zero-order valence-corrected chi connectivity index (χ0v) is 13.8. The van der Waals surface area contributed by atoms with Gasteiger partial charge in [0.15, 0.2) is 9.84 Å². The summed E-state index contributed by atoms with van der Waals surface area (Å²) in [7, 11) is -3.53. The number of fused-ring (bicyclic) bond motifs is 3. The number of hydrogen-bond donors (Lipinski definition) is 2. The van der Waals surface area contributed by atoms with E-state index in [9.17, 15) is 8.42 Å². The standard InChI is InChI=1S/C15H21N3O3S/c1-14(2)13(17)18-15(3)10-8-9(16)4-5-11(10)21-7-6-12(15)22(14,19)20/h4-5,8,12H,6-7,16H2,1-3H3,(H2,17,18)/t12-,15-/m1/s1. The molecule has 1 aromatic carbocycles.